The number of sulfonamides is 2. The molecule has 1 aliphatic rings. The first kappa shape index (κ1) is 22.3. The maximum Gasteiger partial charge on any atom is 0.339 e. The first-order valence-electron chi connectivity index (χ1n) is 9.11. The molecule has 0 saturated carbocycles. The largest absolute Gasteiger partial charge is 0.465 e. The first-order valence-corrected chi connectivity index (χ1v) is 12.0. The Morgan fingerprint density at radius 1 is 0.867 bits per heavy atom. The van der Waals surface area contributed by atoms with Crippen LogP contribution >= 0.6 is 0 Å². The summed E-state index contributed by atoms with van der Waals surface area (Å²) in [7, 11) is -6.78. The summed E-state index contributed by atoms with van der Waals surface area (Å²) in [5, 5.41) is 0. The third kappa shape index (κ3) is 4.38. The fourth-order valence-corrected chi connectivity index (χ4v) is 6.33. The van der Waals surface area contributed by atoms with Crippen LogP contribution in [0.5, 0.6) is 0 Å². The monoisotopic (exact) mass is 456 g/mol. The molecule has 0 N–H and O–H groups in total. The van der Waals surface area contributed by atoms with Crippen LogP contribution in [0, 0.1) is 5.82 Å². The van der Waals surface area contributed by atoms with E-state index in [4.69, 9.17) is 0 Å². The number of carbonyl (C=O) groups is 1. The molecule has 0 unspecified atom stereocenters. The zero-order valence-electron chi connectivity index (χ0n) is 16.2. The standard InChI is InChI=1S/C19H21FN2O6S2/c1-28-19(23)17-5-2-3-6-18(17)30(26,27)22-12-4-11-21(13-14-22)29(24,25)16-9-7-15(20)8-10-16/h2-3,5-10H,4,11-14H2,1H3. The van der Waals surface area contributed by atoms with Crippen molar-refractivity contribution < 1.29 is 30.8 Å². The molecule has 1 saturated heterocycles. The van der Waals surface area contributed by atoms with Crippen LogP contribution in [0.4, 0.5) is 4.39 Å². The number of halogens is 1. The van der Waals surface area contributed by atoms with E-state index in [0.29, 0.717) is 0 Å². The average molecular weight is 457 g/mol. The van der Waals surface area contributed by atoms with Crippen LogP contribution in [0.1, 0.15) is 16.8 Å². The molecule has 0 radical (unpaired) electrons. The van der Waals surface area contributed by atoms with E-state index in [1.54, 1.807) is 0 Å². The van der Waals surface area contributed by atoms with E-state index in [2.05, 4.69) is 4.74 Å². The molecule has 2 aromatic carbocycles. The highest BCUT2D eigenvalue weighted by Crippen LogP contribution is 2.24. The number of hydrogen-bond donors (Lipinski definition) is 0. The molecular weight excluding hydrogens is 435 g/mol. The number of benzene rings is 2. The molecule has 1 aliphatic heterocycles. The predicted molar refractivity (Wildman–Crippen MR) is 106 cm³/mol. The number of carbonyl (C=O) groups excluding carboxylic acids is 1. The molecule has 8 nitrogen and oxygen atoms in total. The lowest BCUT2D eigenvalue weighted by Gasteiger charge is -2.22. The molecule has 162 valence electrons. The van der Waals surface area contributed by atoms with Crippen LogP contribution in [0.15, 0.2) is 58.3 Å². The van der Waals surface area contributed by atoms with Crippen LogP contribution in [0.2, 0.25) is 0 Å². The van der Waals surface area contributed by atoms with Gasteiger partial charge in [-0.3, -0.25) is 0 Å². The summed E-state index contributed by atoms with van der Waals surface area (Å²) < 4.78 is 72.1. The second-order valence-electron chi connectivity index (χ2n) is 6.60. The summed E-state index contributed by atoms with van der Waals surface area (Å²) in [6, 6.07) is 10.2. The Kier molecular flexibility index (Phi) is 6.56. The molecule has 30 heavy (non-hydrogen) atoms. The maximum absolute atomic E-state index is 13.2. The van der Waals surface area contributed by atoms with Gasteiger partial charge in [0.15, 0.2) is 0 Å². The van der Waals surface area contributed by atoms with Crippen LogP contribution in [0.3, 0.4) is 0 Å². The lowest BCUT2D eigenvalue weighted by molar-refractivity contribution is 0.0596. The highest BCUT2D eigenvalue weighted by atomic mass is 32.2. The highest BCUT2D eigenvalue weighted by Gasteiger charge is 2.33. The molecule has 0 aliphatic carbocycles. The zero-order chi connectivity index (χ0) is 21.9. The molecule has 1 fully saturated rings. The number of hydrogen-bond acceptors (Lipinski definition) is 6. The van der Waals surface area contributed by atoms with Crippen molar-refractivity contribution in [3.63, 3.8) is 0 Å². The minimum Gasteiger partial charge on any atom is -0.465 e. The van der Waals surface area contributed by atoms with Gasteiger partial charge in [0.05, 0.1) is 22.5 Å². The van der Waals surface area contributed by atoms with Crippen molar-refractivity contribution in [1.29, 1.82) is 0 Å². The average Bonchev–Trinajstić information content (AvgIpc) is 3.01. The second kappa shape index (κ2) is 8.80. The van der Waals surface area contributed by atoms with Crippen molar-refractivity contribution in [2.45, 2.75) is 16.2 Å². The Labute approximate surface area is 175 Å². The number of rotatable bonds is 5. The fraction of sp³-hybridized carbons (Fsp3) is 0.316. The summed E-state index contributed by atoms with van der Waals surface area (Å²) in [6.45, 7) is 0.0508. The number of esters is 1. The SMILES string of the molecule is COC(=O)c1ccccc1S(=O)(=O)N1CCCN(S(=O)(=O)c2ccc(F)cc2)CC1. The van der Waals surface area contributed by atoms with Gasteiger partial charge in [-0.05, 0) is 42.8 Å². The normalized spacial score (nSPS) is 16.7. The number of methoxy groups -OCH3 is 1. The third-order valence-electron chi connectivity index (χ3n) is 4.78. The Morgan fingerprint density at radius 3 is 2.03 bits per heavy atom. The highest BCUT2D eigenvalue weighted by molar-refractivity contribution is 7.89. The van der Waals surface area contributed by atoms with Gasteiger partial charge < -0.3 is 4.74 Å². The molecule has 0 atom stereocenters. The third-order valence-corrected chi connectivity index (χ3v) is 8.65. The summed E-state index contributed by atoms with van der Waals surface area (Å²) >= 11 is 0. The van der Waals surface area contributed by atoms with E-state index < -0.39 is 31.8 Å². The Bertz CT molecular complexity index is 1130. The molecule has 11 heteroatoms. The van der Waals surface area contributed by atoms with Gasteiger partial charge in [0, 0.05) is 26.2 Å². The Hall–Kier alpha value is -2.34. The molecule has 0 bridgehead atoms. The quantitative estimate of drug-likeness (QED) is 0.635. The lowest BCUT2D eigenvalue weighted by Crippen LogP contribution is -2.37. The molecule has 0 spiro atoms. The molecule has 0 amide bonds. The zero-order valence-corrected chi connectivity index (χ0v) is 17.8. The Balaban J connectivity index is 1.85. The number of nitrogens with zero attached hydrogens (tertiary/aromatic N) is 2. The van der Waals surface area contributed by atoms with Gasteiger partial charge in [0.2, 0.25) is 20.0 Å². The smallest absolute Gasteiger partial charge is 0.339 e. The van der Waals surface area contributed by atoms with Crippen LogP contribution in [-0.2, 0) is 24.8 Å². The minimum absolute atomic E-state index is 0.0590. The van der Waals surface area contributed by atoms with Gasteiger partial charge in [-0.15, -0.1) is 0 Å². The predicted octanol–water partition coefficient (Wildman–Crippen LogP) is 1.70. The first-order chi connectivity index (χ1) is 14.2. The van der Waals surface area contributed by atoms with E-state index in [0.717, 1.165) is 23.5 Å². The fourth-order valence-electron chi connectivity index (χ4n) is 3.22. The van der Waals surface area contributed by atoms with Crippen molar-refractivity contribution in [1.82, 2.24) is 8.61 Å². The summed E-state index contributed by atoms with van der Waals surface area (Å²) in [5.74, 6) is -1.32. The van der Waals surface area contributed by atoms with Gasteiger partial charge in [-0.1, -0.05) is 12.1 Å². The van der Waals surface area contributed by atoms with Crippen LogP contribution in [0.25, 0.3) is 0 Å². The summed E-state index contributed by atoms with van der Waals surface area (Å²) in [6.07, 6.45) is 0.264. The molecule has 2 aromatic rings. The topological polar surface area (TPSA) is 101 Å². The van der Waals surface area contributed by atoms with Crippen LogP contribution in [-0.4, -0.2) is 64.7 Å². The van der Waals surface area contributed by atoms with Gasteiger partial charge in [0.1, 0.15) is 5.82 Å². The van der Waals surface area contributed by atoms with Crippen molar-refractivity contribution >= 4 is 26.0 Å². The second-order valence-corrected chi connectivity index (χ2v) is 10.4. The van der Waals surface area contributed by atoms with Crippen molar-refractivity contribution in [3.8, 4) is 0 Å². The minimum atomic E-state index is -4.05. The molecule has 0 aromatic heterocycles. The lowest BCUT2D eigenvalue weighted by atomic mass is 10.2. The van der Waals surface area contributed by atoms with Crippen molar-refractivity contribution in [2.24, 2.45) is 0 Å². The van der Waals surface area contributed by atoms with Gasteiger partial charge in [0.25, 0.3) is 0 Å². The molecule has 1 heterocycles. The van der Waals surface area contributed by atoms with E-state index in [1.807, 2.05) is 0 Å². The van der Waals surface area contributed by atoms with Gasteiger partial charge >= 0.3 is 5.97 Å². The van der Waals surface area contributed by atoms with E-state index in [1.165, 1.54) is 40.7 Å². The van der Waals surface area contributed by atoms with Crippen molar-refractivity contribution in [3.05, 3.63) is 59.9 Å². The van der Waals surface area contributed by atoms with E-state index >= 15 is 0 Å². The Morgan fingerprint density at radius 2 is 1.43 bits per heavy atom. The summed E-state index contributed by atoms with van der Waals surface area (Å²) in [4.78, 5) is 11.7. The number of ether oxygens (including phenoxy) is 1. The van der Waals surface area contributed by atoms with Gasteiger partial charge in [-0.25, -0.2) is 26.0 Å². The van der Waals surface area contributed by atoms with Crippen LogP contribution < -0.4 is 0 Å². The van der Waals surface area contributed by atoms with E-state index in [-0.39, 0.29) is 48.0 Å². The molecule has 3 rings (SSSR count). The van der Waals surface area contributed by atoms with Gasteiger partial charge in [-0.2, -0.15) is 8.61 Å². The maximum atomic E-state index is 13.2. The summed E-state index contributed by atoms with van der Waals surface area (Å²) in [5.41, 5.74) is -0.0833. The van der Waals surface area contributed by atoms with Crippen molar-refractivity contribution in [2.75, 3.05) is 33.3 Å². The molecular formula is C19H21FN2O6S2. The van der Waals surface area contributed by atoms with E-state index in [9.17, 15) is 26.0 Å².